The predicted molar refractivity (Wildman–Crippen MR) is 274 cm³/mol. The van der Waals surface area contributed by atoms with Crippen LogP contribution in [0.25, 0.3) is 26.6 Å². The van der Waals surface area contributed by atoms with Crippen molar-refractivity contribution in [1.29, 1.82) is 0 Å². The molecule has 2 aliphatic heterocycles. The molecule has 4 N–H and O–H groups in total. The average molecular weight is 1010 g/mol. The number of carboxylic acid groups (broad SMARTS) is 1. The molecule has 5 atom stereocenters. The minimum Gasteiger partial charge on any atom is -0.481 e. The number of aromatic nitrogens is 5. The summed E-state index contributed by atoms with van der Waals surface area (Å²) in [7, 11) is 0. The number of pyridine rings is 1. The molecular weight excluding hydrogens is 951 g/mol. The van der Waals surface area contributed by atoms with Gasteiger partial charge in [-0.2, -0.15) is 0 Å². The van der Waals surface area contributed by atoms with Gasteiger partial charge >= 0.3 is 5.97 Å². The van der Waals surface area contributed by atoms with E-state index in [1.165, 1.54) is 4.90 Å². The summed E-state index contributed by atoms with van der Waals surface area (Å²) < 4.78 is 8.16. The number of benzene rings is 2. The fraction of sp³-hybridized carbons (Fsp3) is 0.426. The monoisotopic (exact) mass is 1010 g/mol. The van der Waals surface area contributed by atoms with Crippen molar-refractivity contribution in [2.24, 2.45) is 21.2 Å². The molecule has 1 saturated heterocycles. The molecule has 11 rings (SSSR count). The quantitative estimate of drug-likeness (QED) is 0.0820. The summed E-state index contributed by atoms with van der Waals surface area (Å²) in [4.78, 5) is 71.9. The molecule has 2 bridgehead atoms. The number of β-amino-alcohol motifs (C(OH)–C–C–N with tert-alkyl or cyclic N) is 1. The number of fused-ring (bicyclic) bond motifs is 3. The van der Waals surface area contributed by atoms with Gasteiger partial charge in [0.2, 0.25) is 23.6 Å². The van der Waals surface area contributed by atoms with Crippen molar-refractivity contribution in [3.63, 3.8) is 0 Å². The van der Waals surface area contributed by atoms with Crippen LogP contribution in [0.4, 0.5) is 0 Å². The zero-order valence-electron chi connectivity index (χ0n) is 41.6. The van der Waals surface area contributed by atoms with Crippen molar-refractivity contribution in [3.8, 4) is 32.4 Å². The number of aryl methyl sites for hydroxylation is 3. The molecule has 374 valence electrons. The number of aliphatic imine (C=N–C) groups is 1. The number of aliphatic hydroxyl groups is 1. The van der Waals surface area contributed by atoms with Crippen LogP contribution in [-0.2, 0) is 19.2 Å². The molecule has 0 radical (unpaired) electrons. The van der Waals surface area contributed by atoms with E-state index in [2.05, 4.69) is 44.6 Å². The third kappa shape index (κ3) is 8.91. The first-order valence-electron chi connectivity index (χ1n) is 24.4. The largest absolute Gasteiger partial charge is 0.481 e. The van der Waals surface area contributed by atoms with Gasteiger partial charge in [0.1, 0.15) is 29.0 Å². The Kier molecular flexibility index (Phi) is 12.5. The maximum absolute atomic E-state index is 14.4. The predicted octanol–water partition coefficient (Wildman–Crippen LogP) is 8.03. The van der Waals surface area contributed by atoms with E-state index in [4.69, 9.17) is 9.73 Å². The van der Waals surface area contributed by atoms with Gasteiger partial charge in [0.25, 0.3) is 0 Å². The van der Waals surface area contributed by atoms with E-state index in [0.29, 0.717) is 43.4 Å². The lowest BCUT2D eigenvalue weighted by Gasteiger charge is -2.69. The number of carboxylic acids is 1. The molecule has 6 heterocycles. The molecule has 4 fully saturated rings. The fourth-order valence-electron chi connectivity index (χ4n) is 11.1. The Morgan fingerprint density at radius 1 is 0.889 bits per heavy atom. The maximum atomic E-state index is 14.4. The Hall–Kier alpha value is -6.63. The average Bonchev–Trinajstić information content (AvgIpc) is 4.09. The van der Waals surface area contributed by atoms with E-state index < -0.39 is 41.0 Å². The molecule has 3 amide bonds. The van der Waals surface area contributed by atoms with Crippen LogP contribution in [0.1, 0.15) is 116 Å². The third-order valence-corrected chi connectivity index (χ3v) is 17.2. The maximum Gasteiger partial charge on any atom is 0.306 e. The lowest BCUT2D eigenvalue weighted by Crippen LogP contribution is -2.71. The first-order valence-corrected chi connectivity index (χ1v) is 26.0. The minimum atomic E-state index is -0.967. The molecule has 5 aliphatic rings. The van der Waals surface area contributed by atoms with E-state index in [1.807, 2.05) is 112 Å². The number of hydrogen-bond donors (Lipinski definition) is 4. The molecule has 72 heavy (non-hydrogen) atoms. The summed E-state index contributed by atoms with van der Waals surface area (Å²) in [5.74, 6) is -0.208. The van der Waals surface area contributed by atoms with Crippen molar-refractivity contribution in [1.82, 2.24) is 40.3 Å². The Bertz CT molecular complexity index is 3110. The van der Waals surface area contributed by atoms with Crippen molar-refractivity contribution in [2.75, 3.05) is 13.2 Å². The number of likely N-dealkylation sites (tertiary alicyclic amines) is 1. The number of nitrogens with zero attached hydrogens (tertiary/aromatic N) is 7. The Balaban J connectivity index is 0.745. The zero-order valence-corrected chi connectivity index (χ0v) is 43.3. The molecule has 18 heteroatoms. The van der Waals surface area contributed by atoms with E-state index in [-0.39, 0.29) is 48.6 Å². The van der Waals surface area contributed by atoms with E-state index in [9.17, 15) is 29.4 Å². The molecule has 6 aromatic rings. The number of thiophene rings is 1. The van der Waals surface area contributed by atoms with Crippen LogP contribution >= 0.6 is 22.7 Å². The lowest BCUT2D eigenvalue weighted by atomic mass is 9.35. The first kappa shape index (κ1) is 49.0. The highest BCUT2D eigenvalue weighted by Crippen LogP contribution is 2.73. The minimum absolute atomic E-state index is 0.000344. The SMILES string of the molecule is Cc1ncsc1-c1ccc([C@H](C)NC(=O)[C@@H]2C[C@@H](O)CN2C(=O)[C@@H](NC(=O)C23CC(COc4ccc(-c5ccc(C6=N[C@@H](CC(=O)O)c7nnc(C)n7-c7sc(C)c(C)c76)cc5)cn4)(C2)C3)C(C)(C)C)cc1. The second-order valence-corrected chi connectivity index (χ2v) is 23.4. The number of aliphatic carboxylic acids is 1. The van der Waals surface area contributed by atoms with Crippen molar-refractivity contribution in [3.05, 3.63) is 117 Å². The van der Waals surface area contributed by atoms with E-state index in [0.717, 1.165) is 65.1 Å². The number of thiazole rings is 1. The summed E-state index contributed by atoms with van der Waals surface area (Å²) >= 11 is 3.20. The van der Waals surface area contributed by atoms with Crippen molar-refractivity contribution < 1.29 is 34.1 Å². The highest BCUT2D eigenvalue weighted by atomic mass is 32.1. The number of amides is 3. The number of rotatable bonds is 14. The van der Waals surface area contributed by atoms with Crippen LogP contribution in [-0.4, -0.2) is 101 Å². The second-order valence-electron chi connectivity index (χ2n) is 21.3. The van der Waals surface area contributed by atoms with Gasteiger partial charge in [-0.25, -0.2) is 9.97 Å². The number of aliphatic hydroxyl groups excluding tert-OH is 1. The molecule has 16 nitrogen and oxygen atoms in total. The highest BCUT2D eigenvalue weighted by Gasteiger charge is 2.72. The highest BCUT2D eigenvalue weighted by molar-refractivity contribution is 7.15. The standard InChI is InChI=1S/C54H59N9O7S2/c1-28-31(4)72-50-43(28)44(58-39(20-42(65)66)47-61-60-32(5)63(47)50)35-13-11-34(12-14-35)37-17-18-41(55-21-37)70-26-53-23-54(24-53,25-53)51(69)59-46(52(6,7)8)49(68)62-22-38(64)19-40(62)48(67)57-29(2)33-9-15-36(16-10-33)45-30(3)56-27-71-45/h9-18,21,27,29,38-40,46,64H,19-20,22-26H2,1-8H3,(H,57,67)(H,59,69)(H,65,66)/t29-,38+,39-,40-,46+,53?,54?/m0/s1. The zero-order chi connectivity index (χ0) is 51.0. The molecule has 3 saturated carbocycles. The van der Waals surface area contributed by atoms with Gasteiger partial charge in [-0.1, -0.05) is 69.3 Å². The Labute approximate surface area is 426 Å². The molecule has 2 aromatic carbocycles. The number of carbonyl (C=O) groups excluding carboxylic acids is 3. The topological polar surface area (TPSA) is 214 Å². The summed E-state index contributed by atoms with van der Waals surface area (Å²) in [5.41, 5.74) is 8.75. The van der Waals surface area contributed by atoms with Crippen LogP contribution in [0.3, 0.4) is 0 Å². The normalized spacial score (nSPS) is 22.8. The van der Waals surface area contributed by atoms with Gasteiger partial charge in [0.05, 0.1) is 52.4 Å². The summed E-state index contributed by atoms with van der Waals surface area (Å²) in [6, 6.07) is 16.9. The third-order valence-electron chi connectivity index (χ3n) is 15.0. The van der Waals surface area contributed by atoms with Crippen LogP contribution in [0.15, 0.2) is 77.4 Å². The molecule has 0 spiro atoms. The van der Waals surface area contributed by atoms with Crippen molar-refractivity contribution in [2.45, 2.75) is 118 Å². The summed E-state index contributed by atoms with van der Waals surface area (Å²) in [6.07, 6.45) is 2.68. The molecular formula is C54H59N9O7S2. The lowest BCUT2D eigenvalue weighted by molar-refractivity contribution is -0.218. The van der Waals surface area contributed by atoms with Crippen LogP contribution in [0.2, 0.25) is 0 Å². The molecule has 3 aliphatic carbocycles. The van der Waals surface area contributed by atoms with Crippen LogP contribution in [0.5, 0.6) is 5.88 Å². The van der Waals surface area contributed by atoms with Gasteiger partial charge in [-0.05, 0) is 87.6 Å². The van der Waals surface area contributed by atoms with Gasteiger partial charge in [-0.15, -0.1) is 32.9 Å². The molecule has 0 unspecified atom stereocenters. The number of ether oxygens (including phenoxy) is 1. The molecule has 4 aromatic heterocycles. The van der Waals surface area contributed by atoms with Crippen LogP contribution < -0.4 is 15.4 Å². The fourth-order valence-corrected chi connectivity index (χ4v) is 13.1. The van der Waals surface area contributed by atoms with Gasteiger partial charge in [0, 0.05) is 52.2 Å². The van der Waals surface area contributed by atoms with E-state index >= 15 is 0 Å². The summed E-state index contributed by atoms with van der Waals surface area (Å²) in [5, 5.41) is 36.3. The number of nitrogens with one attached hydrogen (secondary N) is 2. The van der Waals surface area contributed by atoms with Gasteiger partial charge < -0.3 is 30.5 Å². The van der Waals surface area contributed by atoms with E-state index in [1.54, 1.807) is 28.9 Å². The van der Waals surface area contributed by atoms with Gasteiger partial charge in [0.15, 0.2) is 5.82 Å². The smallest absolute Gasteiger partial charge is 0.306 e. The number of carbonyl (C=O) groups is 4. The second kappa shape index (κ2) is 18.4. The van der Waals surface area contributed by atoms with Gasteiger partial charge in [-0.3, -0.25) is 28.7 Å². The summed E-state index contributed by atoms with van der Waals surface area (Å²) in [6.45, 7) is 16.0. The Morgan fingerprint density at radius 2 is 1.57 bits per heavy atom. The first-order chi connectivity index (χ1) is 34.2. The number of hydrogen-bond acceptors (Lipinski definition) is 13. The van der Waals surface area contributed by atoms with Crippen molar-refractivity contribution >= 4 is 52.1 Å². The Morgan fingerprint density at radius 3 is 2.21 bits per heavy atom. The van der Waals surface area contributed by atoms with Crippen LogP contribution in [0, 0.1) is 43.9 Å².